The molecule has 25 heavy (non-hydrogen) atoms. The van der Waals surface area contributed by atoms with E-state index in [0.717, 1.165) is 0 Å². The Kier molecular flexibility index (Phi) is 4.86. The largest absolute Gasteiger partial charge is 0.326 e. The van der Waals surface area contributed by atoms with Gasteiger partial charge in [0, 0.05) is 34.9 Å². The number of carbonyl (C=O) groups is 3. The summed E-state index contributed by atoms with van der Waals surface area (Å²) in [5.41, 5.74) is 1.88. The second-order valence-electron chi connectivity index (χ2n) is 6.01. The molecule has 0 radical (unpaired) electrons. The summed E-state index contributed by atoms with van der Waals surface area (Å²) < 4.78 is 0. The Morgan fingerprint density at radius 1 is 1.16 bits per heavy atom. The van der Waals surface area contributed by atoms with Gasteiger partial charge in [-0.05, 0) is 49.4 Å². The lowest BCUT2D eigenvalue weighted by molar-refractivity contribution is -0.122. The topological polar surface area (TPSA) is 66.5 Å². The average molecular weight is 357 g/mol. The minimum atomic E-state index is -0.432. The smallest absolute Gasteiger partial charge is 0.229 e. The van der Waals surface area contributed by atoms with Gasteiger partial charge in [0.05, 0.1) is 5.92 Å². The van der Waals surface area contributed by atoms with Crippen LogP contribution in [-0.4, -0.2) is 24.1 Å². The molecule has 0 saturated carbocycles. The van der Waals surface area contributed by atoms with Crippen LogP contribution in [0, 0.1) is 5.92 Å². The Bertz CT molecular complexity index is 833. The number of hydrogen-bond acceptors (Lipinski definition) is 3. The van der Waals surface area contributed by atoms with E-state index in [-0.39, 0.29) is 24.0 Å². The van der Waals surface area contributed by atoms with Gasteiger partial charge >= 0.3 is 0 Å². The number of carbonyl (C=O) groups excluding carboxylic acids is 3. The fourth-order valence-corrected chi connectivity index (χ4v) is 2.99. The van der Waals surface area contributed by atoms with Gasteiger partial charge in [0.25, 0.3) is 0 Å². The highest BCUT2D eigenvalue weighted by Crippen LogP contribution is 2.27. The predicted octanol–water partition coefficient (Wildman–Crippen LogP) is 3.53. The van der Waals surface area contributed by atoms with Gasteiger partial charge in [-0.15, -0.1) is 0 Å². The second kappa shape index (κ2) is 7.07. The molecule has 0 aliphatic carbocycles. The summed E-state index contributed by atoms with van der Waals surface area (Å²) in [6.07, 6.45) is 0.157. The Labute approximate surface area is 150 Å². The highest BCUT2D eigenvalue weighted by Gasteiger charge is 2.35. The Balaban J connectivity index is 1.67. The van der Waals surface area contributed by atoms with Crippen molar-refractivity contribution in [1.29, 1.82) is 0 Å². The van der Waals surface area contributed by atoms with Crippen LogP contribution in [0.25, 0.3) is 0 Å². The van der Waals surface area contributed by atoms with Gasteiger partial charge in [-0.1, -0.05) is 17.7 Å². The van der Waals surface area contributed by atoms with Gasteiger partial charge in [-0.3, -0.25) is 14.4 Å². The summed E-state index contributed by atoms with van der Waals surface area (Å²) in [5, 5.41) is 3.34. The first kappa shape index (κ1) is 17.2. The van der Waals surface area contributed by atoms with Crippen molar-refractivity contribution >= 4 is 40.6 Å². The van der Waals surface area contributed by atoms with Crippen molar-refractivity contribution in [3.8, 4) is 0 Å². The van der Waals surface area contributed by atoms with E-state index in [0.29, 0.717) is 28.5 Å². The molecule has 1 heterocycles. The molecule has 1 aliphatic rings. The third-order valence-corrected chi connectivity index (χ3v) is 4.41. The summed E-state index contributed by atoms with van der Waals surface area (Å²) >= 11 is 5.97. The molecule has 0 aromatic heterocycles. The van der Waals surface area contributed by atoms with Crippen LogP contribution in [-0.2, 0) is 9.59 Å². The van der Waals surface area contributed by atoms with Gasteiger partial charge in [0.15, 0.2) is 5.78 Å². The van der Waals surface area contributed by atoms with Crippen molar-refractivity contribution in [3.63, 3.8) is 0 Å². The molecule has 2 aromatic carbocycles. The number of nitrogens with zero attached hydrogens (tertiary/aromatic N) is 1. The Morgan fingerprint density at radius 2 is 1.88 bits per heavy atom. The molecular formula is C19H17ClN2O3. The zero-order valence-corrected chi connectivity index (χ0v) is 14.4. The van der Waals surface area contributed by atoms with E-state index in [2.05, 4.69) is 5.32 Å². The van der Waals surface area contributed by atoms with Crippen LogP contribution in [0.4, 0.5) is 11.4 Å². The van der Waals surface area contributed by atoms with E-state index in [9.17, 15) is 14.4 Å². The lowest BCUT2D eigenvalue weighted by Crippen LogP contribution is -2.28. The SMILES string of the molecule is CC(=O)c1ccc(NC(=O)[C@H]2CC(=O)N(c3cccc(Cl)c3)C2)cc1. The van der Waals surface area contributed by atoms with Crippen LogP contribution in [0.2, 0.25) is 5.02 Å². The third kappa shape index (κ3) is 3.88. The zero-order chi connectivity index (χ0) is 18.0. The molecule has 6 heteroatoms. The number of Topliss-reactive ketones (excluding diaryl/α,β-unsaturated/α-hetero) is 1. The van der Waals surface area contributed by atoms with E-state index in [1.165, 1.54) is 6.92 Å². The standard InChI is InChI=1S/C19H17ClN2O3/c1-12(23)13-5-7-16(8-6-13)21-19(25)14-9-18(24)22(11-14)17-4-2-3-15(20)10-17/h2-8,10,14H,9,11H2,1H3,(H,21,25)/t14-/m0/s1. The lowest BCUT2D eigenvalue weighted by atomic mass is 10.1. The summed E-state index contributed by atoms with van der Waals surface area (Å²) in [6.45, 7) is 1.80. The van der Waals surface area contributed by atoms with Gasteiger partial charge in [-0.2, -0.15) is 0 Å². The molecular weight excluding hydrogens is 340 g/mol. The van der Waals surface area contributed by atoms with E-state index in [1.54, 1.807) is 53.4 Å². The number of benzene rings is 2. The molecule has 0 bridgehead atoms. The molecule has 2 amide bonds. The maximum absolute atomic E-state index is 12.4. The van der Waals surface area contributed by atoms with Crippen molar-refractivity contribution in [2.45, 2.75) is 13.3 Å². The highest BCUT2D eigenvalue weighted by molar-refractivity contribution is 6.31. The molecule has 1 atom stereocenters. The van der Waals surface area contributed by atoms with Crippen LogP contribution >= 0.6 is 11.6 Å². The van der Waals surface area contributed by atoms with Crippen LogP contribution in [0.3, 0.4) is 0 Å². The number of rotatable bonds is 4. The number of ketones is 1. The number of anilines is 2. The van der Waals surface area contributed by atoms with Crippen LogP contribution in [0.15, 0.2) is 48.5 Å². The van der Waals surface area contributed by atoms with Crippen LogP contribution in [0.1, 0.15) is 23.7 Å². The number of halogens is 1. The van der Waals surface area contributed by atoms with Gasteiger partial charge < -0.3 is 10.2 Å². The molecule has 2 aromatic rings. The molecule has 1 aliphatic heterocycles. The molecule has 1 N–H and O–H groups in total. The van der Waals surface area contributed by atoms with Gasteiger partial charge in [-0.25, -0.2) is 0 Å². The maximum atomic E-state index is 12.4. The van der Waals surface area contributed by atoms with Gasteiger partial charge in [0.1, 0.15) is 0 Å². The Hall–Kier alpha value is -2.66. The summed E-state index contributed by atoms with van der Waals surface area (Å²) in [7, 11) is 0. The lowest BCUT2D eigenvalue weighted by Gasteiger charge is -2.17. The average Bonchev–Trinajstić information content (AvgIpc) is 2.97. The molecule has 3 rings (SSSR count). The number of nitrogens with one attached hydrogen (secondary N) is 1. The molecule has 1 fully saturated rings. The minimum Gasteiger partial charge on any atom is -0.326 e. The van der Waals surface area contributed by atoms with E-state index in [4.69, 9.17) is 11.6 Å². The molecule has 128 valence electrons. The third-order valence-electron chi connectivity index (χ3n) is 4.17. The zero-order valence-electron chi connectivity index (χ0n) is 13.7. The fourth-order valence-electron chi connectivity index (χ4n) is 2.81. The van der Waals surface area contributed by atoms with Crippen molar-refractivity contribution in [2.75, 3.05) is 16.8 Å². The molecule has 5 nitrogen and oxygen atoms in total. The van der Waals surface area contributed by atoms with E-state index >= 15 is 0 Å². The first-order chi connectivity index (χ1) is 11.9. The van der Waals surface area contributed by atoms with Gasteiger partial charge in [0.2, 0.25) is 11.8 Å². The minimum absolute atomic E-state index is 0.0311. The molecule has 1 saturated heterocycles. The molecule has 0 spiro atoms. The van der Waals surface area contributed by atoms with E-state index < -0.39 is 5.92 Å². The summed E-state index contributed by atoms with van der Waals surface area (Å²) in [4.78, 5) is 37.5. The Morgan fingerprint density at radius 3 is 2.52 bits per heavy atom. The van der Waals surface area contributed by atoms with Crippen molar-refractivity contribution in [1.82, 2.24) is 0 Å². The van der Waals surface area contributed by atoms with Crippen LogP contribution in [0.5, 0.6) is 0 Å². The quantitative estimate of drug-likeness (QED) is 0.852. The highest BCUT2D eigenvalue weighted by atomic mass is 35.5. The number of hydrogen-bond donors (Lipinski definition) is 1. The van der Waals surface area contributed by atoms with Crippen molar-refractivity contribution in [2.24, 2.45) is 5.92 Å². The summed E-state index contributed by atoms with van der Waals surface area (Å²) in [5.74, 6) is -0.779. The normalized spacial score (nSPS) is 16.8. The monoisotopic (exact) mass is 356 g/mol. The summed E-state index contributed by atoms with van der Waals surface area (Å²) in [6, 6.07) is 13.7. The predicted molar refractivity (Wildman–Crippen MR) is 97.0 cm³/mol. The first-order valence-electron chi connectivity index (χ1n) is 7.92. The molecule has 0 unspecified atom stereocenters. The van der Waals surface area contributed by atoms with Crippen molar-refractivity contribution in [3.05, 3.63) is 59.1 Å². The van der Waals surface area contributed by atoms with Crippen LogP contribution < -0.4 is 10.2 Å². The fraction of sp³-hybridized carbons (Fsp3) is 0.211. The number of amides is 2. The van der Waals surface area contributed by atoms with Crippen molar-refractivity contribution < 1.29 is 14.4 Å². The maximum Gasteiger partial charge on any atom is 0.229 e. The van der Waals surface area contributed by atoms with E-state index in [1.807, 2.05) is 0 Å². The first-order valence-corrected chi connectivity index (χ1v) is 8.29. The second-order valence-corrected chi connectivity index (χ2v) is 6.44.